The normalized spacial score (nSPS) is 9.94. The van der Waals surface area contributed by atoms with Crippen molar-refractivity contribution < 1.29 is 9.53 Å². The first-order valence-electron chi connectivity index (χ1n) is 5.37. The molecule has 86 valence electrons. The van der Waals surface area contributed by atoms with Crippen LogP contribution in [-0.4, -0.2) is 17.9 Å². The molecule has 0 aliphatic carbocycles. The standard InChI is InChI=1S/C14H13NO2/c1-17-14-8-3-2-6-11(14)10-13(16)12-7-4-5-9-15-12/h2-9H,10H2,1H3. The first kappa shape index (κ1) is 11.3. The van der Waals surface area contributed by atoms with Gasteiger partial charge in [-0.15, -0.1) is 0 Å². The van der Waals surface area contributed by atoms with Gasteiger partial charge in [-0.2, -0.15) is 0 Å². The minimum atomic E-state index is -0.00454. The van der Waals surface area contributed by atoms with Crippen molar-refractivity contribution in [2.24, 2.45) is 0 Å². The molecule has 17 heavy (non-hydrogen) atoms. The zero-order valence-electron chi connectivity index (χ0n) is 9.59. The van der Waals surface area contributed by atoms with E-state index < -0.39 is 0 Å². The molecule has 0 aliphatic rings. The van der Waals surface area contributed by atoms with E-state index in [2.05, 4.69) is 4.98 Å². The number of nitrogens with zero attached hydrogens (tertiary/aromatic N) is 1. The predicted molar refractivity (Wildman–Crippen MR) is 65.3 cm³/mol. The zero-order valence-corrected chi connectivity index (χ0v) is 9.59. The predicted octanol–water partition coefficient (Wildman–Crippen LogP) is 2.52. The van der Waals surface area contributed by atoms with Crippen LogP contribution in [0.25, 0.3) is 0 Å². The number of hydrogen-bond acceptors (Lipinski definition) is 3. The van der Waals surface area contributed by atoms with Gasteiger partial charge in [0, 0.05) is 18.2 Å². The lowest BCUT2D eigenvalue weighted by Crippen LogP contribution is -2.06. The summed E-state index contributed by atoms with van der Waals surface area (Å²) >= 11 is 0. The van der Waals surface area contributed by atoms with Gasteiger partial charge in [0.2, 0.25) is 0 Å². The summed E-state index contributed by atoms with van der Waals surface area (Å²) in [6.07, 6.45) is 1.93. The minimum Gasteiger partial charge on any atom is -0.496 e. The fourth-order valence-corrected chi connectivity index (χ4v) is 1.64. The summed E-state index contributed by atoms with van der Waals surface area (Å²) in [6.45, 7) is 0. The molecule has 0 saturated heterocycles. The molecule has 0 spiro atoms. The van der Waals surface area contributed by atoms with E-state index in [0.29, 0.717) is 12.1 Å². The van der Waals surface area contributed by atoms with Crippen LogP contribution in [0.4, 0.5) is 0 Å². The molecule has 0 fully saturated rings. The van der Waals surface area contributed by atoms with Crippen molar-refractivity contribution in [1.29, 1.82) is 0 Å². The van der Waals surface area contributed by atoms with Crippen LogP contribution in [0.2, 0.25) is 0 Å². The molecule has 2 rings (SSSR count). The number of carbonyl (C=O) groups excluding carboxylic acids is 1. The summed E-state index contributed by atoms with van der Waals surface area (Å²) in [5.74, 6) is 0.729. The highest BCUT2D eigenvalue weighted by Gasteiger charge is 2.10. The van der Waals surface area contributed by atoms with E-state index in [1.165, 1.54) is 0 Å². The third-order valence-electron chi connectivity index (χ3n) is 2.49. The Morgan fingerprint density at radius 3 is 2.65 bits per heavy atom. The summed E-state index contributed by atoms with van der Waals surface area (Å²) in [6, 6.07) is 12.8. The molecular formula is C14H13NO2. The van der Waals surface area contributed by atoms with Crippen molar-refractivity contribution >= 4 is 5.78 Å². The molecule has 0 aliphatic heterocycles. The largest absolute Gasteiger partial charge is 0.496 e. The van der Waals surface area contributed by atoms with E-state index >= 15 is 0 Å². The first-order chi connectivity index (χ1) is 8.31. The van der Waals surface area contributed by atoms with Gasteiger partial charge < -0.3 is 4.74 Å². The number of Topliss-reactive ketones (excluding diaryl/α,β-unsaturated/α-hetero) is 1. The lowest BCUT2D eigenvalue weighted by atomic mass is 10.1. The number of pyridine rings is 1. The van der Waals surface area contributed by atoms with Crippen molar-refractivity contribution in [2.45, 2.75) is 6.42 Å². The Morgan fingerprint density at radius 2 is 1.94 bits per heavy atom. The second-order valence-electron chi connectivity index (χ2n) is 3.63. The molecule has 3 heteroatoms. The molecule has 2 aromatic rings. The van der Waals surface area contributed by atoms with Gasteiger partial charge in [0.1, 0.15) is 11.4 Å². The molecule has 0 amide bonds. The van der Waals surface area contributed by atoms with Gasteiger partial charge in [0.15, 0.2) is 5.78 Å². The highest BCUT2D eigenvalue weighted by atomic mass is 16.5. The van der Waals surface area contributed by atoms with E-state index in [1.807, 2.05) is 30.3 Å². The van der Waals surface area contributed by atoms with Gasteiger partial charge in [-0.25, -0.2) is 0 Å². The average molecular weight is 227 g/mol. The third kappa shape index (κ3) is 2.69. The molecule has 3 nitrogen and oxygen atoms in total. The summed E-state index contributed by atoms with van der Waals surface area (Å²) in [5.41, 5.74) is 1.36. The maximum absolute atomic E-state index is 12.0. The lowest BCUT2D eigenvalue weighted by Gasteiger charge is -2.06. The first-order valence-corrected chi connectivity index (χ1v) is 5.37. The Labute approximate surface area is 100 Å². The number of hydrogen-bond donors (Lipinski definition) is 0. The SMILES string of the molecule is COc1ccccc1CC(=O)c1ccccn1. The van der Waals surface area contributed by atoms with E-state index in [-0.39, 0.29) is 5.78 Å². The monoisotopic (exact) mass is 227 g/mol. The number of benzene rings is 1. The van der Waals surface area contributed by atoms with Gasteiger partial charge in [-0.05, 0) is 18.2 Å². The number of ketones is 1. The van der Waals surface area contributed by atoms with E-state index in [0.717, 1.165) is 11.3 Å². The highest BCUT2D eigenvalue weighted by Crippen LogP contribution is 2.18. The highest BCUT2D eigenvalue weighted by molar-refractivity contribution is 5.96. The fourth-order valence-electron chi connectivity index (χ4n) is 1.64. The van der Waals surface area contributed by atoms with E-state index in [1.54, 1.807) is 25.4 Å². The van der Waals surface area contributed by atoms with Crippen molar-refractivity contribution in [3.63, 3.8) is 0 Å². The average Bonchev–Trinajstić information content (AvgIpc) is 2.40. The molecule has 0 saturated carbocycles. The quantitative estimate of drug-likeness (QED) is 0.753. The Balaban J connectivity index is 2.19. The zero-order chi connectivity index (χ0) is 12.1. The van der Waals surface area contributed by atoms with Crippen molar-refractivity contribution in [2.75, 3.05) is 7.11 Å². The van der Waals surface area contributed by atoms with Crippen LogP contribution in [0.1, 0.15) is 16.1 Å². The van der Waals surface area contributed by atoms with Gasteiger partial charge in [-0.1, -0.05) is 24.3 Å². The number of para-hydroxylation sites is 1. The van der Waals surface area contributed by atoms with Crippen molar-refractivity contribution in [1.82, 2.24) is 4.98 Å². The van der Waals surface area contributed by atoms with Crippen LogP contribution < -0.4 is 4.74 Å². The molecule has 1 aromatic heterocycles. The van der Waals surface area contributed by atoms with Crippen LogP contribution >= 0.6 is 0 Å². The minimum absolute atomic E-state index is 0.00454. The maximum Gasteiger partial charge on any atom is 0.185 e. The third-order valence-corrected chi connectivity index (χ3v) is 2.49. The van der Waals surface area contributed by atoms with Crippen LogP contribution in [0.5, 0.6) is 5.75 Å². The topological polar surface area (TPSA) is 39.2 Å². The number of ether oxygens (including phenoxy) is 1. The number of carbonyl (C=O) groups is 1. The van der Waals surface area contributed by atoms with Crippen LogP contribution in [-0.2, 0) is 6.42 Å². The van der Waals surface area contributed by atoms with Gasteiger partial charge in [0.25, 0.3) is 0 Å². The maximum atomic E-state index is 12.0. The summed E-state index contributed by atoms with van der Waals surface area (Å²) in [4.78, 5) is 16.0. The Hall–Kier alpha value is -2.16. The molecule has 0 radical (unpaired) electrons. The van der Waals surface area contributed by atoms with Crippen molar-refractivity contribution in [3.05, 3.63) is 59.9 Å². The summed E-state index contributed by atoms with van der Waals surface area (Å²) in [7, 11) is 1.60. The number of methoxy groups -OCH3 is 1. The molecular weight excluding hydrogens is 214 g/mol. The van der Waals surface area contributed by atoms with Crippen molar-refractivity contribution in [3.8, 4) is 5.75 Å². The van der Waals surface area contributed by atoms with E-state index in [4.69, 9.17) is 4.74 Å². The molecule has 0 N–H and O–H groups in total. The lowest BCUT2D eigenvalue weighted by molar-refractivity contribution is 0.0987. The Bertz CT molecular complexity index is 509. The van der Waals surface area contributed by atoms with Gasteiger partial charge in [0.05, 0.1) is 7.11 Å². The Kier molecular flexibility index (Phi) is 3.50. The number of aromatic nitrogens is 1. The second-order valence-corrected chi connectivity index (χ2v) is 3.63. The summed E-state index contributed by atoms with van der Waals surface area (Å²) < 4.78 is 5.21. The fraction of sp³-hybridized carbons (Fsp3) is 0.143. The Morgan fingerprint density at radius 1 is 1.18 bits per heavy atom. The number of rotatable bonds is 4. The molecule has 1 aromatic carbocycles. The van der Waals surface area contributed by atoms with Crippen LogP contribution in [0, 0.1) is 0 Å². The summed E-state index contributed by atoms with van der Waals surface area (Å²) in [5, 5.41) is 0. The van der Waals surface area contributed by atoms with E-state index in [9.17, 15) is 4.79 Å². The van der Waals surface area contributed by atoms with Crippen LogP contribution in [0.15, 0.2) is 48.7 Å². The smallest absolute Gasteiger partial charge is 0.185 e. The molecule has 0 atom stereocenters. The van der Waals surface area contributed by atoms with Gasteiger partial charge >= 0.3 is 0 Å². The van der Waals surface area contributed by atoms with Crippen LogP contribution in [0.3, 0.4) is 0 Å². The van der Waals surface area contributed by atoms with Gasteiger partial charge in [-0.3, -0.25) is 9.78 Å². The molecule has 0 bridgehead atoms. The molecule has 1 heterocycles. The molecule has 0 unspecified atom stereocenters. The second kappa shape index (κ2) is 5.25.